The highest BCUT2D eigenvalue weighted by atomic mass is 16.3. The van der Waals surface area contributed by atoms with Crippen molar-refractivity contribution in [3.05, 3.63) is 17.6 Å². The molecule has 0 radical (unpaired) electrons. The molecule has 0 spiro atoms. The molecule has 0 saturated carbocycles. The molecule has 12 heavy (non-hydrogen) atoms. The zero-order valence-corrected chi connectivity index (χ0v) is 6.81. The maximum Gasteiger partial charge on any atom is 0.258 e. The minimum atomic E-state index is 0.125. The summed E-state index contributed by atoms with van der Waals surface area (Å²) in [5.74, 6) is 1.19. The zero-order valence-electron chi connectivity index (χ0n) is 6.81. The van der Waals surface area contributed by atoms with Crippen molar-refractivity contribution in [1.29, 1.82) is 0 Å². The standard InChI is InChI=1S/C7H8N4O/c1-4-3-6(12)11-5(2)9-10-7(11)8-4/h3,12H,1-2H3. The van der Waals surface area contributed by atoms with Crippen LogP contribution in [0.2, 0.25) is 0 Å². The number of aromatic hydroxyl groups is 1. The lowest BCUT2D eigenvalue weighted by atomic mass is 10.4. The molecule has 62 valence electrons. The normalized spacial score (nSPS) is 10.8. The van der Waals surface area contributed by atoms with Crippen LogP contribution in [0.15, 0.2) is 6.07 Å². The highest BCUT2D eigenvalue weighted by Crippen LogP contribution is 2.12. The number of aromatic nitrogens is 4. The molecule has 0 saturated heterocycles. The van der Waals surface area contributed by atoms with Gasteiger partial charge >= 0.3 is 0 Å². The van der Waals surface area contributed by atoms with E-state index in [2.05, 4.69) is 15.2 Å². The van der Waals surface area contributed by atoms with Crippen LogP contribution in [0.4, 0.5) is 0 Å². The van der Waals surface area contributed by atoms with E-state index in [1.165, 1.54) is 4.40 Å². The van der Waals surface area contributed by atoms with Crippen LogP contribution in [0, 0.1) is 13.8 Å². The second-order valence-electron chi connectivity index (χ2n) is 2.64. The highest BCUT2D eigenvalue weighted by molar-refractivity contribution is 5.34. The largest absolute Gasteiger partial charge is 0.494 e. The third-order valence-electron chi connectivity index (χ3n) is 1.65. The number of fused-ring (bicyclic) bond motifs is 1. The summed E-state index contributed by atoms with van der Waals surface area (Å²) in [5.41, 5.74) is 0.729. The van der Waals surface area contributed by atoms with E-state index >= 15 is 0 Å². The van der Waals surface area contributed by atoms with Gasteiger partial charge in [0.05, 0.1) is 0 Å². The van der Waals surface area contributed by atoms with Crippen molar-refractivity contribution >= 4 is 5.78 Å². The summed E-state index contributed by atoms with van der Waals surface area (Å²) in [6, 6.07) is 1.57. The lowest BCUT2D eigenvalue weighted by molar-refractivity contribution is 0.442. The molecule has 0 unspecified atom stereocenters. The Morgan fingerprint density at radius 3 is 2.83 bits per heavy atom. The first-order chi connectivity index (χ1) is 5.68. The summed E-state index contributed by atoms with van der Waals surface area (Å²) in [4.78, 5) is 4.09. The van der Waals surface area contributed by atoms with Crippen molar-refractivity contribution in [2.24, 2.45) is 0 Å². The maximum atomic E-state index is 9.46. The third kappa shape index (κ3) is 0.827. The van der Waals surface area contributed by atoms with Gasteiger partial charge in [-0.3, -0.25) is 0 Å². The van der Waals surface area contributed by atoms with E-state index in [4.69, 9.17) is 0 Å². The second-order valence-corrected chi connectivity index (χ2v) is 2.64. The van der Waals surface area contributed by atoms with Crippen molar-refractivity contribution in [2.45, 2.75) is 13.8 Å². The maximum absolute atomic E-state index is 9.46. The van der Waals surface area contributed by atoms with Crippen LogP contribution in [-0.2, 0) is 0 Å². The Kier molecular flexibility index (Phi) is 1.27. The lowest BCUT2D eigenvalue weighted by Crippen LogP contribution is -1.93. The molecule has 0 aromatic carbocycles. The molecule has 2 heterocycles. The molecule has 0 atom stereocenters. The Morgan fingerprint density at radius 2 is 2.08 bits per heavy atom. The molecule has 1 N–H and O–H groups in total. The second kappa shape index (κ2) is 2.17. The van der Waals surface area contributed by atoms with Crippen LogP contribution in [0.3, 0.4) is 0 Å². The summed E-state index contributed by atoms with van der Waals surface area (Å²) in [5, 5.41) is 17.0. The van der Waals surface area contributed by atoms with Crippen LogP contribution in [0.1, 0.15) is 11.5 Å². The summed E-state index contributed by atoms with van der Waals surface area (Å²) in [6.07, 6.45) is 0. The van der Waals surface area contributed by atoms with Gasteiger partial charge in [-0.25, -0.2) is 9.38 Å². The molecule has 5 nitrogen and oxygen atoms in total. The Balaban J connectivity index is 2.93. The Bertz CT molecular complexity index is 434. The van der Waals surface area contributed by atoms with Gasteiger partial charge in [0, 0.05) is 11.8 Å². The number of rotatable bonds is 0. The van der Waals surface area contributed by atoms with Crippen molar-refractivity contribution in [3.8, 4) is 5.88 Å². The van der Waals surface area contributed by atoms with E-state index in [0.717, 1.165) is 5.69 Å². The number of hydrogen-bond donors (Lipinski definition) is 1. The number of nitrogens with zero attached hydrogens (tertiary/aromatic N) is 4. The molecular weight excluding hydrogens is 156 g/mol. The van der Waals surface area contributed by atoms with E-state index in [1.807, 2.05) is 0 Å². The molecule has 0 aliphatic heterocycles. The fourth-order valence-electron chi connectivity index (χ4n) is 1.13. The van der Waals surface area contributed by atoms with Crippen LogP contribution < -0.4 is 0 Å². The fourth-order valence-corrected chi connectivity index (χ4v) is 1.13. The van der Waals surface area contributed by atoms with Crippen LogP contribution in [0.5, 0.6) is 5.88 Å². The van der Waals surface area contributed by atoms with E-state index < -0.39 is 0 Å². The first-order valence-corrected chi connectivity index (χ1v) is 3.57. The molecule has 2 rings (SSSR count). The summed E-state index contributed by atoms with van der Waals surface area (Å²) < 4.78 is 1.49. The topological polar surface area (TPSA) is 63.3 Å². The molecule has 0 amide bonds. The van der Waals surface area contributed by atoms with Gasteiger partial charge in [0.1, 0.15) is 5.82 Å². The molecule has 2 aromatic rings. The average molecular weight is 164 g/mol. The van der Waals surface area contributed by atoms with Crippen molar-refractivity contribution in [3.63, 3.8) is 0 Å². The summed E-state index contributed by atoms with van der Waals surface area (Å²) >= 11 is 0. The average Bonchev–Trinajstić information content (AvgIpc) is 2.31. The fraction of sp³-hybridized carbons (Fsp3) is 0.286. The van der Waals surface area contributed by atoms with E-state index in [-0.39, 0.29) is 5.88 Å². The van der Waals surface area contributed by atoms with Gasteiger partial charge < -0.3 is 5.11 Å². The molecule has 0 aliphatic rings. The van der Waals surface area contributed by atoms with Crippen LogP contribution in [0.25, 0.3) is 5.78 Å². The van der Waals surface area contributed by atoms with Gasteiger partial charge in [-0.05, 0) is 13.8 Å². The van der Waals surface area contributed by atoms with Gasteiger partial charge in [-0.15, -0.1) is 10.2 Å². The van der Waals surface area contributed by atoms with Gasteiger partial charge in [-0.1, -0.05) is 0 Å². The van der Waals surface area contributed by atoms with Gasteiger partial charge in [-0.2, -0.15) is 0 Å². The summed E-state index contributed by atoms with van der Waals surface area (Å²) in [7, 11) is 0. The molecule has 2 aromatic heterocycles. The minimum absolute atomic E-state index is 0.125. The van der Waals surface area contributed by atoms with Gasteiger partial charge in [0.15, 0.2) is 0 Å². The molecule has 5 heteroatoms. The van der Waals surface area contributed by atoms with Crippen LogP contribution >= 0.6 is 0 Å². The number of aryl methyl sites for hydroxylation is 2. The van der Waals surface area contributed by atoms with Crippen LogP contribution in [-0.4, -0.2) is 24.7 Å². The van der Waals surface area contributed by atoms with E-state index in [0.29, 0.717) is 11.6 Å². The van der Waals surface area contributed by atoms with Crippen molar-refractivity contribution in [1.82, 2.24) is 19.6 Å². The first-order valence-electron chi connectivity index (χ1n) is 3.57. The Hall–Kier alpha value is -1.65. The Morgan fingerprint density at radius 1 is 1.33 bits per heavy atom. The third-order valence-corrected chi connectivity index (χ3v) is 1.65. The molecule has 0 bridgehead atoms. The number of hydrogen-bond acceptors (Lipinski definition) is 4. The quantitative estimate of drug-likeness (QED) is 0.613. The minimum Gasteiger partial charge on any atom is -0.494 e. The zero-order chi connectivity index (χ0) is 8.72. The lowest BCUT2D eigenvalue weighted by Gasteiger charge is -1.98. The predicted octanol–water partition coefficient (Wildman–Crippen LogP) is 0.447. The molecule has 0 aliphatic carbocycles. The van der Waals surface area contributed by atoms with Gasteiger partial charge in [0.2, 0.25) is 5.88 Å². The van der Waals surface area contributed by atoms with Crippen molar-refractivity contribution < 1.29 is 5.11 Å². The van der Waals surface area contributed by atoms with Crippen molar-refractivity contribution in [2.75, 3.05) is 0 Å². The SMILES string of the molecule is Cc1cc(O)n2c(C)nnc2n1. The predicted molar refractivity (Wildman–Crippen MR) is 41.9 cm³/mol. The Labute approximate surface area is 68.7 Å². The van der Waals surface area contributed by atoms with Gasteiger partial charge in [0.25, 0.3) is 5.78 Å². The molecule has 0 fully saturated rings. The summed E-state index contributed by atoms with van der Waals surface area (Å²) in [6.45, 7) is 3.56. The van der Waals surface area contributed by atoms with E-state index in [1.54, 1.807) is 19.9 Å². The highest BCUT2D eigenvalue weighted by Gasteiger charge is 2.06. The smallest absolute Gasteiger partial charge is 0.258 e. The molecular formula is C7H8N4O. The first kappa shape index (κ1) is 7.02. The van der Waals surface area contributed by atoms with E-state index in [9.17, 15) is 5.11 Å². The monoisotopic (exact) mass is 164 g/mol.